The number of nitrogens with zero attached hydrogens (tertiary/aromatic N) is 1. The lowest BCUT2D eigenvalue weighted by Gasteiger charge is -2.11. The minimum absolute atomic E-state index is 0.223. The van der Waals surface area contributed by atoms with Crippen molar-refractivity contribution in [1.82, 2.24) is 5.16 Å². The number of ether oxygens (including phenoxy) is 1. The molecular formula is C24H24Cl2N2O4S. The summed E-state index contributed by atoms with van der Waals surface area (Å²) in [6.07, 6.45) is 6.03. The first kappa shape index (κ1) is 23.8. The third-order valence-electron chi connectivity index (χ3n) is 5.67. The largest absolute Gasteiger partial charge is 0.462 e. The van der Waals surface area contributed by atoms with Crippen LogP contribution >= 0.6 is 34.5 Å². The quantitative estimate of drug-likeness (QED) is 0.373. The topological polar surface area (TPSA) is 81.4 Å². The molecule has 2 heterocycles. The van der Waals surface area contributed by atoms with E-state index >= 15 is 0 Å². The van der Waals surface area contributed by atoms with Gasteiger partial charge in [0.25, 0.3) is 5.91 Å². The molecule has 1 aromatic carbocycles. The summed E-state index contributed by atoms with van der Waals surface area (Å²) in [5.41, 5.74) is 2.35. The molecule has 1 N–H and O–H groups in total. The number of esters is 1. The van der Waals surface area contributed by atoms with Crippen LogP contribution in [0.1, 0.15) is 69.5 Å². The van der Waals surface area contributed by atoms with Gasteiger partial charge in [0.1, 0.15) is 22.0 Å². The highest BCUT2D eigenvalue weighted by atomic mass is 35.5. The number of aromatic nitrogens is 1. The minimum atomic E-state index is -0.445. The third-order valence-corrected chi connectivity index (χ3v) is 7.50. The van der Waals surface area contributed by atoms with E-state index in [-0.39, 0.29) is 17.9 Å². The number of hydrogen-bond acceptors (Lipinski definition) is 6. The highest BCUT2D eigenvalue weighted by Gasteiger charge is 2.29. The maximum atomic E-state index is 13.5. The van der Waals surface area contributed by atoms with E-state index in [2.05, 4.69) is 10.5 Å². The smallest absolute Gasteiger partial charge is 0.341 e. The molecule has 9 heteroatoms. The van der Waals surface area contributed by atoms with Gasteiger partial charge in [0.15, 0.2) is 0 Å². The summed E-state index contributed by atoms with van der Waals surface area (Å²) in [7, 11) is 0. The molecule has 4 rings (SSSR count). The second kappa shape index (κ2) is 10.3. The van der Waals surface area contributed by atoms with E-state index in [9.17, 15) is 9.59 Å². The van der Waals surface area contributed by atoms with Crippen LogP contribution in [0.3, 0.4) is 0 Å². The Hall–Kier alpha value is -2.35. The van der Waals surface area contributed by atoms with Gasteiger partial charge < -0.3 is 14.6 Å². The van der Waals surface area contributed by atoms with Crippen molar-refractivity contribution in [2.24, 2.45) is 0 Å². The molecule has 0 atom stereocenters. The first-order chi connectivity index (χ1) is 15.9. The Morgan fingerprint density at radius 2 is 1.82 bits per heavy atom. The van der Waals surface area contributed by atoms with Crippen LogP contribution in [0.25, 0.3) is 11.3 Å². The summed E-state index contributed by atoms with van der Waals surface area (Å²) >= 11 is 14.2. The Balaban J connectivity index is 1.75. The third kappa shape index (κ3) is 4.81. The lowest BCUT2D eigenvalue weighted by molar-refractivity contribution is 0.0526. The van der Waals surface area contributed by atoms with Crippen LogP contribution in [0.2, 0.25) is 10.0 Å². The molecule has 33 heavy (non-hydrogen) atoms. The van der Waals surface area contributed by atoms with Crippen molar-refractivity contribution in [3.63, 3.8) is 0 Å². The van der Waals surface area contributed by atoms with Crippen molar-refractivity contribution < 1.29 is 18.8 Å². The molecule has 0 unspecified atom stereocenters. The maximum Gasteiger partial charge on any atom is 0.341 e. The number of rotatable bonds is 5. The van der Waals surface area contributed by atoms with Gasteiger partial charge in [-0.25, -0.2) is 4.79 Å². The Bertz CT molecular complexity index is 1180. The number of fused-ring (bicyclic) bond motifs is 1. The summed E-state index contributed by atoms with van der Waals surface area (Å²) in [6, 6.07) is 5.06. The van der Waals surface area contributed by atoms with Gasteiger partial charge in [0.05, 0.1) is 22.2 Å². The van der Waals surface area contributed by atoms with Crippen molar-refractivity contribution in [3.05, 3.63) is 55.6 Å². The van der Waals surface area contributed by atoms with E-state index in [0.717, 1.165) is 49.0 Å². The zero-order valence-electron chi connectivity index (χ0n) is 18.4. The molecule has 6 nitrogen and oxygen atoms in total. The number of nitrogens with one attached hydrogen (secondary N) is 1. The molecule has 1 amide bonds. The van der Waals surface area contributed by atoms with Gasteiger partial charge >= 0.3 is 5.97 Å². The first-order valence-electron chi connectivity index (χ1n) is 11.0. The van der Waals surface area contributed by atoms with Crippen LogP contribution in [0.4, 0.5) is 5.00 Å². The van der Waals surface area contributed by atoms with Crippen molar-refractivity contribution in [2.45, 2.75) is 52.4 Å². The van der Waals surface area contributed by atoms with Gasteiger partial charge in [0, 0.05) is 10.4 Å². The highest BCUT2D eigenvalue weighted by molar-refractivity contribution is 7.17. The van der Waals surface area contributed by atoms with Crippen LogP contribution in [0.5, 0.6) is 0 Å². The molecule has 0 saturated carbocycles. The number of carbonyl (C=O) groups is 2. The van der Waals surface area contributed by atoms with E-state index in [1.807, 2.05) is 0 Å². The van der Waals surface area contributed by atoms with E-state index < -0.39 is 11.9 Å². The molecule has 3 aromatic rings. The van der Waals surface area contributed by atoms with Crippen molar-refractivity contribution >= 4 is 51.4 Å². The molecule has 2 aromatic heterocycles. The molecule has 1 aliphatic carbocycles. The number of carbonyl (C=O) groups excluding carboxylic acids is 2. The Labute approximate surface area is 206 Å². The Morgan fingerprint density at radius 1 is 1.12 bits per heavy atom. The summed E-state index contributed by atoms with van der Waals surface area (Å²) in [5, 5.41) is 8.19. The van der Waals surface area contributed by atoms with Crippen molar-refractivity contribution in [1.29, 1.82) is 0 Å². The average Bonchev–Trinajstić information content (AvgIpc) is 3.28. The van der Waals surface area contributed by atoms with Gasteiger partial charge in [-0.15, -0.1) is 11.3 Å². The highest BCUT2D eigenvalue weighted by Crippen LogP contribution is 2.40. The Morgan fingerprint density at radius 3 is 2.52 bits per heavy atom. The van der Waals surface area contributed by atoms with Crippen LogP contribution < -0.4 is 5.32 Å². The predicted molar refractivity (Wildman–Crippen MR) is 131 cm³/mol. The van der Waals surface area contributed by atoms with Crippen LogP contribution in [0.15, 0.2) is 22.7 Å². The van der Waals surface area contributed by atoms with Crippen molar-refractivity contribution in [3.8, 4) is 11.3 Å². The molecule has 0 spiro atoms. The fourth-order valence-electron chi connectivity index (χ4n) is 4.13. The second-order valence-corrected chi connectivity index (χ2v) is 9.78. The number of anilines is 1. The van der Waals surface area contributed by atoms with E-state index in [1.54, 1.807) is 32.0 Å². The molecule has 1 aliphatic rings. The summed E-state index contributed by atoms with van der Waals surface area (Å²) < 4.78 is 10.7. The zero-order valence-corrected chi connectivity index (χ0v) is 20.8. The van der Waals surface area contributed by atoms with Gasteiger partial charge in [0.2, 0.25) is 0 Å². The second-order valence-electron chi connectivity index (χ2n) is 7.86. The number of amides is 1. The minimum Gasteiger partial charge on any atom is -0.462 e. The molecule has 0 bridgehead atoms. The van der Waals surface area contributed by atoms with E-state index in [0.29, 0.717) is 31.9 Å². The van der Waals surface area contributed by atoms with Crippen molar-refractivity contribution in [2.75, 3.05) is 11.9 Å². The summed E-state index contributed by atoms with van der Waals surface area (Å²) in [5.74, 6) is -0.534. The predicted octanol–water partition coefficient (Wildman–Crippen LogP) is 7.11. The standard InChI is InChI=1S/C24H24Cl2N2O4S/c1-3-31-24(30)19-14-9-6-4-5-7-12-17(14)33-23(19)27-22(29)18-13(2)32-28-21(18)20-15(25)10-8-11-16(20)26/h8,10-11H,3-7,9,12H2,1-2H3,(H,27,29). The number of thiophene rings is 1. The number of hydrogen-bond donors (Lipinski definition) is 1. The molecule has 0 fully saturated rings. The molecule has 0 aliphatic heterocycles. The van der Waals surface area contributed by atoms with Crippen LogP contribution in [0, 0.1) is 6.92 Å². The fraction of sp³-hybridized carbons (Fsp3) is 0.375. The SMILES string of the molecule is CCOC(=O)c1c(NC(=O)c2c(-c3c(Cl)cccc3Cl)noc2C)sc2c1CCCCCC2. The van der Waals surface area contributed by atoms with E-state index in [1.165, 1.54) is 11.3 Å². The first-order valence-corrected chi connectivity index (χ1v) is 12.5. The monoisotopic (exact) mass is 506 g/mol. The van der Waals surface area contributed by atoms with Crippen LogP contribution in [-0.4, -0.2) is 23.6 Å². The lowest BCUT2D eigenvalue weighted by Crippen LogP contribution is -2.16. The molecule has 0 radical (unpaired) electrons. The molecule has 0 saturated heterocycles. The summed E-state index contributed by atoms with van der Waals surface area (Å²) in [4.78, 5) is 27.5. The summed E-state index contributed by atoms with van der Waals surface area (Å²) in [6.45, 7) is 3.68. The molecular weight excluding hydrogens is 483 g/mol. The van der Waals surface area contributed by atoms with Gasteiger partial charge in [-0.2, -0.15) is 0 Å². The maximum absolute atomic E-state index is 13.5. The number of halogens is 2. The van der Waals surface area contributed by atoms with Crippen LogP contribution in [-0.2, 0) is 17.6 Å². The van der Waals surface area contributed by atoms with E-state index in [4.69, 9.17) is 32.5 Å². The lowest BCUT2D eigenvalue weighted by atomic mass is 9.96. The zero-order chi connectivity index (χ0) is 23.5. The van der Waals surface area contributed by atoms with Gasteiger partial charge in [-0.05, 0) is 57.2 Å². The van der Waals surface area contributed by atoms with Gasteiger partial charge in [-0.3, -0.25) is 4.79 Å². The number of benzene rings is 1. The average molecular weight is 507 g/mol. The molecule has 174 valence electrons. The van der Waals surface area contributed by atoms with Gasteiger partial charge in [-0.1, -0.05) is 47.3 Å². The Kier molecular flexibility index (Phi) is 7.41. The normalized spacial score (nSPS) is 13.7. The number of aryl methyl sites for hydroxylation is 2. The fourth-order valence-corrected chi connectivity index (χ4v) is 5.98.